The summed E-state index contributed by atoms with van der Waals surface area (Å²) in [7, 11) is 0. The third kappa shape index (κ3) is 2.74. The Morgan fingerprint density at radius 3 is 2.81 bits per heavy atom. The molecule has 0 saturated carbocycles. The van der Waals surface area contributed by atoms with E-state index in [0.717, 1.165) is 5.56 Å². The molecule has 0 bridgehead atoms. The van der Waals surface area contributed by atoms with Gasteiger partial charge in [0, 0.05) is 6.42 Å². The molecule has 3 rings (SSSR count). The lowest BCUT2D eigenvalue weighted by Crippen LogP contribution is -2.24. The topological polar surface area (TPSA) is 65.2 Å². The lowest BCUT2D eigenvalue weighted by molar-refractivity contribution is -0.170. The first kappa shape index (κ1) is 13.6. The Bertz CT molecular complexity index is 656. The first-order chi connectivity index (χ1) is 9.93. The van der Waals surface area contributed by atoms with Crippen LogP contribution in [0.3, 0.4) is 0 Å². The van der Waals surface area contributed by atoms with Crippen LogP contribution in [0.2, 0.25) is 0 Å². The third-order valence-corrected chi connectivity index (χ3v) is 3.05. The molecule has 0 radical (unpaired) electrons. The van der Waals surface area contributed by atoms with Crippen LogP contribution in [0.15, 0.2) is 28.8 Å². The quantitative estimate of drug-likeness (QED) is 0.870. The number of carbonyl (C=O) groups is 1. The summed E-state index contributed by atoms with van der Waals surface area (Å²) in [6, 6.07) is 7.33. The Kier molecular flexibility index (Phi) is 3.15. The first-order valence-electron chi connectivity index (χ1n) is 6.10. The van der Waals surface area contributed by atoms with E-state index < -0.39 is 24.5 Å². The molecule has 1 unspecified atom stereocenters. The van der Waals surface area contributed by atoms with Gasteiger partial charge in [0.1, 0.15) is 5.75 Å². The van der Waals surface area contributed by atoms with E-state index in [1.165, 1.54) is 0 Å². The predicted octanol–water partition coefficient (Wildman–Crippen LogP) is 2.42. The molecule has 0 saturated heterocycles. The Labute approximate surface area is 116 Å². The van der Waals surface area contributed by atoms with Crippen molar-refractivity contribution < 1.29 is 27.2 Å². The van der Waals surface area contributed by atoms with Crippen LogP contribution >= 0.6 is 0 Å². The van der Waals surface area contributed by atoms with Crippen LogP contribution in [0.4, 0.5) is 13.2 Å². The van der Waals surface area contributed by atoms with Crippen LogP contribution in [0.1, 0.15) is 23.4 Å². The largest absolute Gasteiger partial charge is 0.482 e. The number of aromatic nitrogens is 2. The average Bonchev–Trinajstić information content (AvgIpc) is 3.02. The highest BCUT2D eigenvalue weighted by Crippen LogP contribution is 2.35. The maximum atomic E-state index is 12.2. The Morgan fingerprint density at radius 2 is 2.10 bits per heavy atom. The van der Waals surface area contributed by atoms with Crippen molar-refractivity contribution in [2.24, 2.45) is 0 Å². The van der Waals surface area contributed by atoms with E-state index in [0.29, 0.717) is 12.2 Å². The van der Waals surface area contributed by atoms with Gasteiger partial charge in [-0.05, 0) is 11.6 Å². The number of Topliss-reactive ketones (excluding diaryl/α,β-unsaturated/α-hetero) is 1. The number of ether oxygens (including phenoxy) is 1. The van der Waals surface area contributed by atoms with E-state index in [-0.39, 0.29) is 11.7 Å². The third-order valence-electron chi connectivity index (χ3n) is 3.05. The molecule has 8 heteroatoms. The van der Waals surface area contributed by atoms with Gasteiger partial charge < -0.3 is 9.26 Å². The smallest absolute Gasteiger partial charge is 0.450 e. The van der Waals surface area contributed by atoms with E-state index >= 15 is 0 Å². The van der Waals surface area contributed by atoms with Crippen molar-refractivity contribution in [2.75, 3.05) is 0 Å². The van der Waals surface area contributed by atoms with Crippen LogP contribution < -0.4 is 4.74 Å². The SMILES string of the molecule is O=C(Cc1nc(C2Cc3ccccc3O2)no1)C(F)(F)F. The maximum absolute atomic E-state index is 12.2. The minimum atomic E-state index is -4.91. The predicted molar refractivity (Wildman–Crippen MR) is 62.6 cm³/mol. The zero-order valence-corrected chi connectivity index (χ0v) is 10.6. The Hall–Kier alpha value is -2.38. The number of ketones is 1. The van der Waals surface area contributed by atoms with Gasteiger partial charge in [0.15, 0.2) is 6.10 Å². The fourth-order valence-corrected chi connectivity index (χ4v) is 2.03. The highest BCUT2D eigenvalue weighted by molar-refractivity contribution is 5.85. The van der Waals surface area contributed by atoms with Crippen LogP contribution in [-0.2, 0) is 17.6 Å². The molecule has 5 nitrogen and oxygen atoms in total. The molecule has 1 aromatic carbocycles. The molecule has 1 aliphatic rings. The number of nitrogens with zero attached hydrogens (tertiary/aromatic N) is 2. The summed E-state index contributed by atoms with van der Waals surface area (Å²) in [5.41, 5.74) is 0.959. The zero-order valence-electron chi connectivity index (χ0n) is 10.6. The van der Waals surface area contributed by atoms with Gasteiger partial charge in [0.25, 0.3) is 0 Å². The molecule has 1 aliphatic heterocycles. The lowest BCUT2D eigenvalue weighted by Gasteiger charge is -2.04. The maximum Gasteiger partial charge on any atom is 0.450 e. The highest BCUT2D eigenvalue weighted by Gasteiger charge is 2.39. The van der Waals surface area contributed by atoms with Gasteiger partial charge in [-0.3, -0.25) is 4.79 Å². The lowest BCUT2D eigenvalue weighted by atomic mass is 10.1. The van der Waals surface area contributed by atoms with Crippen molar-refractivity contribution in [1.29, 1.82) is 0 Å². The standard InChI is InChI=1S/C13H9F3N2O3/c14-13(15,16)10(19)6-11-17-12(18-21-11)9-5-7-3-1-2-4-8(7)20-9/h1-4,9H,5-6H2. The second kappa shape index (κ2) is 4.87. The van der Waals surface area contributed by atoms with Crippen LogP contribution in [0.5, 0.6) is 5.75 Å². The van der Waals surface area contributed by atoms with Crippen LogP contribution in [-0.4, -0.2) is 22.1 Å². The molecule has 1 aromatic heterocycles. The van der Waals surface area contributed by atoms with Gasteiger partial charge in [-0.1, -0.05) is 23.4 Å². The second-order valence-corrected chi connectivity index (χ2v) is 4.56. The molecule has 21 heavy (non-hydrogen) atoms. The van der Waals surface area contributed by atoms with Crippen LogP contribution in [0.25, 0.3) is 0 Å². The van der Waals surface area contributed by atoms with Gasteiger partial charge in [-0.15, -0.1) is 0 Å². The van der Waals surface area contributed by atoms with Gasteiger partial charge in [0.2, 0.25) is 17.5 Å². The fourth-order valence-electron chi connectivity index (χ4n) is 2.03. The summed E-state index contributed by atoms with van der Waals surface area (Å²) < 4.78 is 46.7. The fraction of sp³-hybridized carbons (Fsp3) is 0.308. The minimum Gasteiger partial charge on any atom is -0.482 e. The Balaban J connectivity index is 1.71. The molecular formula is C13H9F3N2O3. The summed E-state index contributed by atoms with van der Waals surface area (Å²) in [4.78, 5) is 14.7. The number of alkyl halides is 3. The zero-order chi connectivity index (χ0) is 15.0. The molecule has 0 aliphatic carbocycles. The summed E-state index contributed by atoms with van der Waals surface area (Å²) >= 11 is 0. The Morgan fingerprint density at radius 1 is 1.33 bits per heavy atom. The minimum absolute atomic E-state index is 0.135. The molecule has 1 atom stereocenters. The summed E-state index contributed by atoms with van der Waals surface area (Å²) in [6.07, 6.45) is -5.88. The van der Waals surface area contributed by atoms with Crippen molar-refractivity contribution in [1.82, 2.24) is 10.1 Å². The highest BCUT2D eigenvalue weighted by atomic mass is 19.4. The van der Waals surface area contributed by atoms with E-state index in [1.54, 1.807) is 6.07 Å². The van der Waals surface area contributed by atoms with Gasteiger partial charge in [0.05, 0.1) is 6.42 Å². The van der Waals surface area contributed by atoms with E-state index in [4.69, 9.17) is 4.74 Å². The molecule has 2 heterocycles. The molecule has 2 aromatic rings. The number of hydrogen-bond acceptors (Lipinski definition) is 5. The number of fused-ring (bicyclic) bond motifs is 1. The van der Waals surface area contributed by atoms with Crippen molar-refractivity contribution in [3.8, 4) is 5.75 Å². The number of hydrogen-bond donors (Lipinski definition) is 0. The normalized spacial score (nSPS) is 17.4. The number of rotatable bonds is 3. The van der Waals surface area contributed by atoms with Gasteiger partial charge in [-0.2, -0.15) is 18.2 Å². The first-order valence-corrected chi connectivity index (χ1v) is 6.10. The van der Waals surface area contributed by atoms with Crippen molar-refractivity contribution in [3.05, 3.63) is 41.5 Å². The summed E-state index contributed by atoms with van der Waals surface area (Å²) in [6.45, 7) is 0. The summed E-state index contributed by atoms with van der Waals surface area (Å²) in [5, 5.41) is 3.59. The summed E-state index contributed by atoms with van der Waals surface area (Å²) in [5.74, 6) is -1.48. The van der Waals surface area contributed by atoms with Crippen molar-refractivity contribution in [3.63, 3.8) is 0 Å². The molecule has 0 spiro atoms. The number of para-hydroxylation sites is 1. The van der Waals surface area contributed by atoms with E-state index in [2.05, 4.69) is 14.7 Å². The van der Waals surface area contributed by atoms with Gasteiger partial charge in [-0.25, -0.2) is 0 Å². The number of benzene rings is 1. The molecular weight excluding hydrogens is 289 g/mol. The molecule has 0 amide bonds. The molecule has 0 fully saturated rings. The number of carbonyl (C=O) groups excluding carboxylic acids is 1. The van der Waals surface area contributed by atoms with Crippen molar-refractivity contribution >= 4 is 5.78 Å². The van der Waals surface area contributed by atoms with E-state index in [1.807, 2.05) is 18.2 Å². The van der Waals surface area contributed by atoms with Crippen molar-refractivity contribution in [2.45, 2.75) is 25.1 Å². The monoisotopic (exact) mass is 298 g/mol. The second-order valence-electron chi connectivity index (χ2n) is 4.56. The number of halogens is 3. The molecule has 110 valence electrons. The average molecular weight is 298 g/mol. The molecule has 0 N–H and O–H groups in total. The van der Waals surface area contributed by atoms with E-state index in [9.17, 15) is 18.0 Å². The van der Waals surface area contributed by atoms with Gasteiger partial charge >= 0.3 is 6.18 Å². The van der Waals surface area contributed by atoms with Crippen LogP contribution in [0, 0.1) is 0 Å².